The minimum absolute atomic E-state index is 0.125. The van der Waals surface area contributed by atoms with Gasteiger partial charge in [-0.25, -0.2) is 4.99 Å². The average Bonchev–Trinajstić information content (AvgIpc) is 2.92. The predicted octanol–water partition coefficient (Wildman–Crippen LogP) is 4.20. The van der Waals surface area contributed by atoms with Gasteiger partial charge in [-0.05, 0) is 66.6 Å². The van der Waals surface area contributed by atoms with Crippen LogP contribution in [0.3, 0.4) is 0 Å². The molecule has 1 heterocycles. The summed E-state index contributed by atoms with van der Waals surface area (Å²) in [6, 6.07) is 13.5. The van der Waals surface area contributed by atoms with Crippen molar-refractivity contribution in [3.8, 4) is 5.75 Å². The van der Waals surface area contributed by atoms with E-state index in [0.29, 0.717) is 10.1 Å². The van der Waals surface area contributed by atoms with E-state index in [4.69, 9.17) is 4.74 Å². The highest BCUT2D eigenvalue weighted by Gasteiger charge is 2.24. The van der Waals surface area contributed by atoms with Crippen molar-refractivity contribution in [2.75, 3.05) is 7.11 Å². The molecule has 1 fully saturated rings. The molecular formula is C19H18N2O2S. The molecule has 4 nitrogen and oxygen atoms in total. The quantitative estimate of drug-likeness (QED) is 0.853. The van der Waals surface area contributed by atoms with E-state index >= 15 is 0 Å². The van der Waals surface area contributed by atoms with Crippen molar-refractivity contribution in [3.05, 3.63) is 64.1 Å². The van der Waals surface area contributed by atoms with E-state index in [-0.39, 0.29) is 5.91 Å². The molecule has 0 saturated carbocycles. The number of carbonyl (C=O) groups excluding carboxylic acids is 1. The van der Waals surface area contributed by atoms with Crippen LogP contribution in [0.25, 0.3) is 6.08 Å². The maximum Gasteiger partial charge on any atom is 0.264 e. The van der Waals surface area contributed by atoms with Crippen LogP contribution >= 0.6 is 11.8 Å². The van der Waals surface area contributed by atoms with Crippen LogP contribution < -0.4 is 10.1 Å². The van der Waals surface area contributed by atoms with Crippen LogP contribution in [0.1, 0.15) is 16.7 Å². The lowest BCUT2D eigenvalue weighted by molar-refractivity contribution is -0.115. The zero-order valence-corrected chi connectivity index (χ0v) is 14.6. The van der Waals surface area contributed by atoms with Gasteiger partial charge in [0, 0.05) is 0 Å². The SMILES string of the molecule is COc1ccc(/C=C2\SC(=Nc3cccc(C)c3C)NC2=O)cc1. The summed E-state index contributed by atoms with van der Waals surface area (Å²) >= 11 is 1.35. The summed E-state index contributed by atoms with van der Waals surface area (Å²) in [5.41, 5.74) is 4.12. The van der Waals surface area contributed by atoms with Gasteiger partial charge in [0.15, 0.2) is 5.17 Å². The highest BCUT2D eigenvalue weighted by molar-refractivity contribution is 8.18. The van der Waals surface area contributed by atoms with E-state index in [9.17, 15) is 4.79 Å². The Morgan fingerprint density at radius 2 is 1.88 bits per heavy atom. The second-order valence-electron chi connectivity index (χ2n) is 5.47. The van der Waals surface area contributed by atoms with E-state index in [1.54, 1.807) is 7.11 Å². The lowest BCUT2D eigenvalue weighted by Gasteiger charge is -2.04. The summed E-state index contributed by atoms with van der Waals surface area (Å²) in [6.45, 7) is 4.08. The number of hydrogen-bond acceptors (Lipinski definition) is 4. The molecule has 1 saturated heterocycles. The van der Waals surface area contributed by atoms with Gasteiger partial charge in [-0.1, -0.05) is 24.3 Å². The number of methoxy groups -OCH3 is 1. The maximum atomic E-state index is 12.1. The molecule has 24 heavy (non-hydrogen) atoms. The third-order valence-electron chi connectivity index (χ3n) is 3.86. The Morgan fingerprint density at radius 1 is 1.12 bits per heavy atom. The average molecular weight is 338 g/mol. The van der Waals surface area contributed by atoms with Crippen molar-refractivity contribution < 1.29 is 9.53 Å². The number of ether oxygens (including phenoxy) is 1. The third-order valence-corrected chi connectivity index (χ3v) is 4.77. The molecule has 122 valence electrons. The van der Waals surface area contributed by atoms with Gasteiger partial charge in [-0.15, -0.1) is 0 Å². The molecule has 1 N–H and O–H groups in total. The van der Waals surface area contributed by atoms with Crippen molar-refractivity contribution in [1.29, 1.82) is 0 Å². The van der Waals surface area contributed by atoms with Gasteiger partial charge < -0.3 is 10.1 Å². The Labute approximate surface area is 145 Å². The van der Waals surface area contributed by atoms with Crippen LogP contribution in [0.4, 0.5) is 5.69 Å². The van der Waals surface area contributed by atoms with E-state index < -0.39 is 0 Å². The van der Waals surface area contributed by atoms with Crippen LogP contribution in [0.5, 0.6) is 5.75 Å². The Balaban J connectivity index is 1.83. The normalized spacial score (nSPS) is 17.4. The number of thioether (sulfide) groups is 1. The number of aryl methyl sites for hydroxylation is 1. The first-order valence-corrected chi connectivity index (χ1v) is 8.38. The topological polar surface area (TPSA) is 50.7 Å². The smallest absolute Gasteiger partial charge is 0.264 e. The highest BCUT2D eigenvalue weighted by Crippen LogP contribution is 2.30. The van der Waals surface area contributed by atoms with Crippen molar-refractivity contribution in [1.82, 2.24) is 5.32 Å². The molecule has 0 bridgehead atoms. The molecule has 0 atom stereocenters. The number of amides is 1. The van der Waals surface area contributed by atoms with Gasteiger partial charge >= 0.3 is 0 Å². The second kappa shape index (κ2) is 6.93. The molecule has 1 aliphatic rings. The van der Waals surface area contributed by atoms with Gasteiger partial charge in [0.1, 0.15) is 5.75 Å². The molecule has 2 aromatic carbocycles. The number of rotatable bonds is 3. The lowest BCUT2D eigenvalue weighted by Crippen LogP contribution is -2.19. The van der Waals surface area contributed by atoms with Crippen LogP contribution in [0.15, 0.2) is 52.4 Å². The molecule has 0 radical (unpaired) electrons. The van der Waals surface area contributed by atoms with Crippen LogP contribution in [0.2, 0.25) is 0 Å². The fourth-order valence-corrected chi connectivity index (χ4v) is 3.13. The first kappa shape index (κ1) is 16.3. The van der Waals surface area contributed by atoms with Crippen molar-refractivity contribution >= 4 is 34.6 Å². The zero-order chi connectivity index (χ0) is 17.1. The monoisotopic (exact) mass is 338 g/mol. The summed E-state index contributed by atoms with van der Waals surface area (Å²) in [6.07, 6.45) is 1.85. The van der Waals surface area contributed by atoms with Crippen molar-refractivity contribution in [2.45, 2.75) is 13.8 Å². The summed E-state index contributed by atoms with van der Waals surface area (Å²) in [7, 11) is 1.63. The van der Waals surface area contributed by atoms with Gasteiger partial charge in [-0.3, -0.25) is 4.79 Å². The first-order chi connectivity index (χ1) is 11.6. The Kier molecular flexibility index (Phi) is 4.71. The molecule has 0 unspecified atom stereocenters. The standard InChI is InChI=1S/C19H18N2O2S/c1-12-5-4-6-16(13(12)2)20-19-21-18(22)17(24-19)11-14-7-9-15(23-3)10-8-14/h4-11H,1-3H3,(H,20,21,22)/b17-11-. The van der Waals surface area contributed by atoms with E-state index in [1.165, 1.54) is 17.3 Å². The highest BCUT2D eigenvalue weighted by atomic mass is 32.2. The lowest BCUT2D eigenvalue weighted by atomic mass is 10.1. The minimum atomic E-state index is -0.125. The molecule has 0 aromatic heterocycles. The molecule has 0 aliphatic carbocycles. The number of carbonyl (C=O) groups is 1. The summed E-state index contributed by atoms with van der Waals surface area (Å²) < 4.78 is 5.14. The summed E-state index contributed by atoms with van der Waals surface area (Å²) in [4.78, 5) is 17.4. The Bertz CT molecular complexity index is 839. The Morgan fingerprint density at radius 3 is 2.58 bits per heavy atom. The second-order valence-corrected chi connectivity index (χ2v) is 6.50. The number of aliphatic imine (C=N–C) groups is 1. The van der Waals surface area contributed by atoms with Gasteiger partial charge in [0.05, 0.1) is 17.7 Å². The number of amidine groups is 1. The van der Waals surface area contributed by atoms with Crippen molar-refractivity contribution in [3.63, 3.8) is 0 Å². The molecule has 3 rings (SSSR count). The van der Waals surface area contributed by atoms with Crippen molar-refractivity contribution in [2.24, 2.45) is 4.99 Å². The van der Waals surface area contributed by atoms with E-state index in [0.717, 1.165) is 22.6 Å². The summed E-state index contributed by atoms with van der Waals surface area (Å²) in [5, 5.41) is 3.43. The van der Waals surface area contributed by atoms with Gasteiger partial charge in [-0.2, -0.15) is 0 Å². The fourth-order valence-electron chi connectivity index (χ4n) is 2.30. The van der Waals surface area contributed by atoms with Gasteiger partial charge in [0.2, 0.25) is 0 Å². The molecular weight excluding hydrogens is 320 g/mol. The first-order valence-electron chi connectivity index (χ1n) is 7.56. The predicted molar refractivity (Wildman–Crippen MR) is 99.7 cm³/mol. The van der Waals surface area contributed by atoms with Crippen LogP contribution in [-0.4, -0.2) is 18.2 Å². The van der Waals surface area contributed by atoms with Crippen LogP contribution in [-0.2, 0) is 4.79 Å². The van der Waals surface area contributed by atoms with E-state index in [2.05, 4.69) is 23.3 Å². The van der Waals surface area contributed by atoms with E-state index in [1.807, 2.05) is 49.4 Å². The number of benzene rings is 2. The molecule has 5 heteroatoms. The fraction of sp³-hybridized carbons (Fsp3) is 0.158. The largest absolute Gasteiger partial charge is 0.497 e. The number of nitrogens with zero attached hydrogens (tertiary/aromatic N) is 1. The number of hydrogen-bond donors (Lipinski definition) is 1. The number of nitrogens with one attached hydrogen (secondary N) is 1. The minimum Gasteiger partial charge on any atom is -0.497 e. The molecule has 0 spiro atoms. The molecule has 2 aromatic rings. The third kappa shape index (κ3) is 3.51. The maximum absolute atomic E-state index is 12.1. The molecule has 1 amide bonds. The Hall–Kier alpha value is -2.53. The van der Waals surface area contributed by atoms with Crippen LogP contribution in [0, 0.1) is 13.8 Å². The summed E-state index contributed by atoms with van der Waals surface area (Å²) in [5.74, 6) is 0.665. The molecule has 1 aliphatic heterocycles. The zero-order valence-electron chi connectivity index (χ0n) is 13.8. The van der Waals surface area contributed by atoms with Gasteiger partial charge in [0.25, 0.3) is 5.91 Å².